The van der Waals surface area contributed by atoms with Crippen LogP contribution >= 0.6 is 11.3 Å². The molecule has 0 saturated carbocycles. The second-order valence-corrected chi connectivity index (χ2v) is 8.77. The molecule has 0 aliphatic rings. The van der Waals surface area contributed by atoms with Crippen molar-refractivity contribution in [3.8, 4) is 22.8 Å². The largest absolute Gasteiger partial charge is 0.493 e. The molecule has 0 atom stereocenters. The van der Waals surface area contributed by atoms with E-state index in [4.69, 9.17) is 14.0 Å². The fourth-order valence-electron chi connectivity index (χ4n) is 3.60. The van der Waals surface area contributed by atoms with Crippen LogP contribution in [0.2, 0.25) is 0 Å². The number of rotatable bonds is 5. The Kier molecular flexibility index (Phi) is 5.41. The Morgan fingerprint density at radius 2 is 1.74 bits per heavy atom. The number of anilines is 1. The molecule has 3 aromatic heterocycles. The molecule has 0 fully saturated rings. The normalized spacial score (nSPS) is 11.0. The predicted molar refractivity (Wildman–Crippen MR) is 122 cm³/mol. The predicted octanol–water partition coefficient (Wildman–Crippen LogP) is 5.45. The van der Waals surface area contributed by atoms with Crippen molar-refractivity contribution in [2.24, 2.45) is 0 Å². The molecule has 3 heterocycles. The van der Waals surface area contributed by atoms with Crippen LogP contribution in [-0.2, 0) is 0 Å². The van der Waals surface area contributed by atoms with Crippen molar-refractivity contribution >= 4 is 34.0 Å². The van der Waals surface area contributed by atoms with Gasteiger partial charge in [-0.05, 0) is 51.5 Å². The zero-order valence-corrected chi connectivity index (χ0v) is 19.1. The maximum absolute atomic E-state index is 13.4. The van der Waals surface area contributed by atoms with Crippen LogP contribution in [-0.4, -0.2) is 30.3 Å². The molecular weight excluding hydrogens is 414 g/mol. The Balaban J connectivity index is 1.81. The zero-order valence-electron chi connectivity index (χ0n) is 18.2. The Labute approximate surface area is 184 Å². The number of thiophene rings is 1. The molecule has 160 valence electrons. The van der Waals surface area contributed by atoms with Gasteiger partial charge >= 0.3 is 0 Å². The molecule has 0 aliphatic heterocycles. The average Bonchev–Trinajstić information content (AvgIpc) is 3.29. The van der Waals surface area contributed by atoms with Crippen molar-refractivity contribution in [2.45, 2.75) is 27.7 Å². The molecule has 0 unspecified atom stereocenters. The van der Waals surface area contributed by atoms with Gasteiger partial charge in [-0.1, -0.05) is 5.16 Å². The zero-order chi connectivity index (χ0) is 22.3. The van der Waals surface area contributed by atoms with Crippen LogP contribution in [0.4, 0.5) is 5.69 Å². The number of pyridine rings is 1. The van der Waals surface area contributed by atoms with E-state index >= 15 is 0 Å². The molecule has 1 aromatic carbocycles. The van der Waals surface area contributed by atoms with Crippen LogP contribution in [0.1, 0.15) is 31.4 Å². The summed E-state index contributed by atoms with van der Waals surface area (Å²) in [5.41, 5.74) is 4.55. The second kappa shape index (κ2) is 8.03. The fraction of sp³-hybridized carbons (Fsp3) is 0.261. The lowest BCUT2D eigenvalue weighted by atomic mass is 10.0. The highest BCUT2D eigenvalue weighted by molar-refractivity contribution is 7.12. The Morgan fingerprint density at radius 3 is 2.39 bits per heavy atom. The van der Waals surface area contributed by atoms with E-state index in [2.05, 4.69) is 21.5 Å². The van der Waals surface area contributed by atoms with Gasteiger partial charge in [0.05, 0.1) is 36.6 Å². The summed E-state index contributed by atoms with van der Waals surface area (Å²) in [6.07, 6.45) is 0. The van der Waals surface area contributed by atoms with Gasteiger partial charge in [-0.15, -0.1) is 11.3 Å². The number of nitrogens with zero attached hydrogens (tertiary/aromatic N) is 2. The number of nitrogens with one attached hydrogen (secondary N) is 1. The monoisotopic (exact) mass is 437 g/mol. The lowest BCUT2D eigenvalue weighted by molar-refractivity contribution is 0.102. The minimum Gasteiger partial charge on any atom is -0.493 e. The summed E-state index contributed by atoms with van der Waals surface area (Å²) in [6.45, 7) is 7.78. The van der Waals surface area contributed by atoms with Crippen LogP contribution in [0.3, 0.4) is 0 Å². The number of aryl methyl sites for hydroxylation is 4. The van der Waals surface area contributed by atoms with Crippen molar-refractivity contribution in [3.63, 3.8) is 0 Å². The van der Waals surface area contributed by atoms with Gasteiger partial charge in [-0.25, -0.2) is 4.98 Å². The summed E-state index contributed by atoms with van der Waals surface area (Å²) in [5, 5.41) is 7.62. The standard InChI is InChI=1S/C23H23N3O4S/c1-11-7-19(28-5)20(29-6)10-17(11)24-22(27)16-9-18(15-8-12(2)31-14(15)4)25-23-21(16)13(3)26-30-23/h7-10H,1-6H3,(H,24,27). The van der Waals surface area contributed by atoms with Crippen molar-refractivity contribution in [2.75, 3.05) is 19.5 Å². The van der Waals surface area contributed by atoms with E-state index in [0.29, 0.717) is 45.2 Å². The highest BCUT2D eigenvalue weighted by Gasteiger charge is 2.21. The van der Waals surface area contributed by atoms with Gasteiger partial charge in [0.2, 0.25) is 0 Å². The number of amides is 1. The Bertz CT molecular complexity index is 1310. The van der Waals surface area contributed by atoms with E-state index in [1.807, 2.05) is 26.8 Å². The molecule has 4 aromatic rings. The van der Waals surface area contributed by atoms with Gasteiger partial charge in [0.1, 0.15) is 0 Å². The third-order valence-corrected chi connectivity index (χ3v) is 6.12. The van der Waals surface area contributed by atoms with Crippen molar-refractivity contribution < 1.29 is 18.8 Å². The van der Waals surface area contributed by atoms with Crippen LogP contribution < -0.4 is 14.8 Å². The lowest BCUT2D eigenvalue weighted by Gasteiger charge is -2.14. The number of carbonyl (C=O) groups is 1. The molecule has 0 aliphatic carbocycles. The maximum Gasteiger partial charge on any atom is 0.259 e. The second-order valence-electron chi connectivity index (χ2n) is 7.31. The van der Waals surface area contributed by atoms with Crippen LogP contribution in [0, 0.1) is 27.7 Å². The molecule has 1 amide bonds. The minimum absolute atomic E-state index is 0.278. The summed E-state index contributed by atoms with van der Waals surface area (Å²) < 4.78 is 16.1. The van der Waals surface area contributed by atoms with Crippen molar-refractivity contribution in [1.82, 2.24) is 10.1 Å². The first-order chi connectivity index (χ1) is 14.8. The third-order valence-electron chi connectivity index (χ3n) is 5.16. The maximum atomic E-state index is 13.4. The van der Waals surface area contributed by atoms with E-state index < -0.39 is 0 Å². The number of ether oxygens (including phenoxy) is 2. The summed E-state index contributed by atoms with van der Waals surface area (Å²) >= 11 is 1.69. The highest BCUT2D eigenvalue weighted by Crippen LogP contribution is 2.35. The topological polar surface area (TPSA) is 86.5 Å². The van der Waals surface area contributed by atoms with Crippen molar-refractivity contribution in [3.05, 3.63) is 50.8 Å². The van der Waals surface area contributed by atoms with E-state index in [-0.39, 0.29) is 5.91 Å². The quantitative estimate of drug-likeness (QED) is 0.446. The Morgan fingerprint density at radius 1 is 1.03 bits per heavy atom. The van der Waals surface area contributed by atoms with Gasteiger partial charge in [-0.2, -0.15) is 0 Å². The molecule has 0 saturated heterocycles. The van der Waals surface area contributed by atoms with Crippen LogP contribution in [0.5, 0.6) is 11.5 Å². The molecule has 0 bridgehead atoms. The minimum atomic E-state index is -0.278. The van der Waals surface area contributed by atoms with Gasteiger partial charge < -0.3 is 19.3 Å². The van der Waals surface area contributed by atoms with E-state index in [9.17, 15) is 4.79 Å². The number of carbonyl (C=O) groups excluding carboxylic acids is 1. The van der Waals surface area contributed by atoms with E-state index in [0.717, 1.165) is 16.0 Å². The van der Waals surface area contributed by atoms with Gasteiger partial charge in [-0.3, -0.25) is 4.79 Å². The summed E-state index contributed by atoms with van der Waals surface area (Å²) in [7, 11) is 3.14. The smallest absolute Gasteiger partial charge is 0.259 e. The summed E-state index contributed by atoms with van der Waals surface area (Å²) in [5.74, 6) is 0.860. The summed E-state index contributed by atoms with van der Waals surface area (Å²) in [6, 6.07) is 7.44. The first kappa shape index (κ1) is 20.9. The number of benzene rings is 1. The van der Waals surface area contributed by atoms with Gasteiger partial charge in [0.15, 0.2) is 11.5 Å². The molecular formula is C23H23N3O4S. The number of methoxy groups -OCH3 is 2. The number of hydrogen-bond donors (Lipinski definition) is 1. The number of aromatic nitrogens is 2. The van der Waals surface area contributed by atoms with Gasteiger partial charge in [0, 0.05) is 27.1 Å². The molecule has 4 rings (SSSR count). The first-order valence-electron chi connectivity index (χ1n) is 9.70. The van der Waals surface area contributed by atoms with Crippen LogP contribution in [0.15, 0.2) is 28.8 Å². The SMILES string of the molecule is COc1cc(C)c(NC(=O)c2cc(-c3cc(C)sc3C)nc3onc(C)c23)cc1OC. The molecule has 8 heteroatoms. The van der Waals surface area contributed by atoms with Crippen LogP contribution in [0.25, 0.3) is 22.4 Å². The molecule has 31 heavy (non-hydrogen) atoms. The highest BCUT2D eigenvalue weighted by atomic mass is 32.1. The molecule has 1 N–H and O–H groups in total. The first-order valence-corrected chi connectivity index (χ1v) is 10.5. The molecule has 7 nitrogen and oxygen atoms in total. The van der Waals surface area contributed by atoms with Gasteiger partial charge in [0.25, 0.3) is 11.6 Å². The van der Waals surface area contributed by atoms with E-state index in [1.54, 1.807) is 44.6 Å². The Hall–Kier alpha value is -3.39. The van der Waals surface area contributed by atoms with Crippen molar-refractivity contribution in [1.29, 1.82) is 0 Å². The average molecular weight is 438 g/mol. The number of fused-ring (bicyclic) bond motifs is 1. The molecule has 0 radical (unpaired) electrons. The summed E-state index contributed by atoms with van der Waals surface area (Å²) in [4.78, 5) is 20.3. The molecule has 0 spiro atoms. The van der Waals surface area contributed by atoms with E-state index in [1.165, 1.54) is 4.88 Å². The number of hydrogen-bond acceptors (Lipinski definition) is 7. The lowest BCUT2D eigenvalue weighted by Crippen LogP contribution is -2.14. The third kappa shape index (κ3) is 3.74. The fourth-order valence-corrected chi connectivity index (χ4v) is 4.54.